The van der Waals surface area contributed by atoms with Gasteiger partial charge in [0.05, 0.1) is 54.1 Å². The second kappa shape index (κ2) is 11.4. The Bertz CT molecular complexity index is 1630. The topological polar surface area (TPSA) is 98.2 Å². The van der Waals surface area contributed by atoms with Crippen molar-refractivity contribution < 1.29 is 23.0 Å². The number of fused-ring (bicyclic) bond motifs is 1. The van der Waals surface area contributed by atoms with E-state index in [1.54, 1.807) is 11.6 Å². The van der Waals surface area contributed by atoms with E-state index >= 15 is 0 Å². The van der Waals surface area contributed by atoms with Crippen molar-refractivity contribution in [3.63, 3.8) is 0 Å². The molecule has 212 valence electrons. The van der Waals surface area contributed by atoms with Crippen molar-refractivity contribution in [1.82, 2.24) is 24.2 Å². The highest BCUT2D eigenvalue weighted by atomic mass is 19.1. The van der Waals surface area contributed by atoms with Crippen LogP contribution in [0.15, 0.2) is 42.6 Å². The first kappa shape index (κ1) is 27.1. The molecule has 4 heterocycles. The summed E-state index contributed by atoms with van der Waals surface area (Å²) in [5, 5.41) is 13.2. The lowest BCUT2D eigenvalue weighted by Crippen LogP contribution is -2.36. The first-order chi connectivity index (χ1) is 19.9. The first-order valence-electron chi connectivity index (χ1n) is 13.8. The third kappa shape index (κ3) is 5.71. The number of carbonyl (C=O) groups excluding carboxylic acids is 1. The van der Waals surface area contributed by atoms with Crippen molar-refractivity contribution >= 4 is 16.8 Å². The molecular weight excluding hydrogens is 530 g/mol. The molecule has 0 saturated carbocycles. The summed E-state index contributed by atoms with van der Waals surface area (Å²) in [7, 11) is 0. The Labute approximate surface area is 235 Å². The van der Waals surface area contributed by atoms with E-state index in [0.29, 0.717) is 18.7 Å². The number of rotatable bonds is 9. The average Bonchev–Trinajstić information content (AvgIpc) is 3.49. The van der Waals surface area contributed by atoms with Crippen LogP contribution in [0.5, 0.6) is 5.88 Å². The molecule has 2 aromatic carbocycles. The highest BCUT2D eigenvalue weighted by Crippen LogP contribution is 2.28. The molecule has 6 rings (SSSR count). The van der Waals surface area contributed by atoms with Gasteiger partial charge >= 0.3 is 0 Å². The predicted molar refractivity (Wildman–Crippen MR) is 145 cm³/mol. The number of ketones is 1. The van der Waals surface area contributed by atoms with Crippen LogP contribution >= 0.6 is 0 Å². The molecule has 4 aromatic rings. The lowest BCUT2D eigenvalue weighted by molar-refractivity contribution is -0.0592. The fourth-order valence-electron chi connectivity index (χ4n) is 5.41. The molecule has 2 saturated heterocycles. The molecule has 0 N–H and O–H groups in total. The van der Waals surface area contributed by atoms with Crippen LogP contribution < -0.4 is 4.74 Å². The minimum atomic E-state index is -0.599. The van der Waals surface area contributed by atoms with Crippen molar-refractivity contribution in [2.24, 2.45) is 0 Å². The van der Waals surface area contributed by atoms with Gasteiger partial charge in [-0.2, -0.15) is 9.65 Å². The maximum Gasteiger partial charge on any atom is 0.269 e. The monoisotopic (exact) mass is 560 g/mol. The van der Waals surface area contributed by atoms with Crippen LogP contribution in [-0.2, 0) is 24.4 Å². The number of nitrogens with zero attached hydrogens (tertiary/aromatic N) is 6. The van der Waals surface area contributed by atoms with Gasteiger partial charge in [0.2, 0.25) is 5.82 Å². The first-order valence-corrected chi connectivity index (χ1v) is 13.8. The van der Waals surface area contributed by atoms with Crippen LogP contribution in [-0.4, -0.2) is 55.8 Å². The Morgan fingerprint density at radius 3 is 2.63 bits per heavy atom. The molecule has 0 radical (unpaired) electrons. The molecule has 0 spiro atoms. The molecule has 2 aromatic heterocycles. The summed E-state index contributed by atoms with van der Waals surface area (Å²) >= 11 is 0. The molecule has 0 aliphatic carbocycles. The summed E-state index contributed by atoms with van der Waals surface area (Å²) < 4.78 is 43.7. The van der Waals surface area contributed by atoms with Gasteiger partial charge in [0, 0.05) is 30.8 Å². The van der Waals surface area contributed by atoms with Crippen LogP contribution in [0.3, 0.4) is 0 Å². The van der Waals surface area contributed by atoms with E-state index in [0.717, 1.165) is 61.9 Å². The smallest absolute Gasteiger partial charge is 0.269 e. The summed E-state index contributed by atoms with van der Waals surface area (Å²) in [6.45, 7) is 5.06. The van der Waals surface area contributed by atoms with Gasteiger partial charge in [-0.1, -0.05) is 6.07 Å². The number of Topliss-reactive ketones (excluding diaryl/α,β-unsaturated/α-hetero) is 1. The minimum absolute atomic E-state index is 0.00469. The second-order valence-corrected chi connectivity index (χ2v) is 10.7. The van der Waals surface area contributed by atoms with Crippen molar-refractivity contribution in [3.8, 4) is 11.9 Å². The average molecular weight is 561 g/mol. The Morgan fingerprint density at radius 2 is 1.95 bits per heavy atom. The zero-order chi connectivity index (χ0) is 28.5. The highest BCUT2D eigenvalue weighted by molar-refractivity contribution is 5.97. The zero-order valence-corrected chi connectivity index (χ0v) is 22.7. The number of hydrogen-bond donors (Lipinski definition) is 0. The van der Waals surface area contributed by atoms with Gasteiger partial charge in [-0.15, -0.1) is 5.10 Å². The van der Waals surface area contributed by atoms with Crippen molar-refractivity contribution in [2.75, 3.05) is 19.7 Å². The molecule has 0 bridgehead atoms. The number of carbonyl (C=O) groups is 1. The summed E-state index contributed by atoms with van der Waals surface area (Å²) in [5.74, 6) is -0.394. The van der Waals surface area contributed by atoms with E-state index in [-0.39, 0.29) is 41.5 Å². The molecule has 0 amide bonds. The normalized spacial score (nSPS) is 17.9. The number of hydrogen-bond acceptors (Lipinski definition) is 7. The molecule has 2 aliphatic rings. The van der Waals surface area contributed by atoms with Gasteiger partial charge in [0.25, 0.3) is 5.88 Å². The molecular formula is C30H30F2N6O3. The third-order valence-electron chi connectivity index (χ3n) is 7.91. The summed E-state index contributed by atoms with van der Waals surface area (Å²) in [6.07, 6.45) is 4.02. The Balaban J connectivity index is 1.10. The number of halogens is 2. The third-order valence-corrected chi connectivity index (χ3v) is 7.91. The Kier molecular flexibility index (Phi) is 7.51. The van der Waals surface area contributed by atoms with Crippen LogP contribution in [0, 0.1) is 23.0 Å². The molecule has 11 heteroatoms. The minimum Gasteiger partial charge on any atom is -0.470 e. The number of aromatic nitrogens is 4. The molecule has 2 aliphatic heterocycles. The van der Waals surface area contributed by atoms with Gasteiger partial charge in [-0.25, -0.2) is 9.37 Å². The fraction of sp³-hybridized carbons (Fsp3) is 0.400. The van der Waals surface area contributed by atoms with E-state index in [4.69, 9.17) is 19.7 Å². The lowest BCUT2D eigenvalue weighted by Gasteiger charge is -2.32. The van der Waals surface area contributed by atoms with E-state index < -0.39 is 11.6 Å². The quantitative estimate of drug-likeness (QED) is 0.272. The number of benzene rings is 2. The van der Waals surface area contributed by atoms with Crippen molar-refractivity contribution in [3.05, 3.63) is 76.7 Å². The Morgan fingerprint density at radius 1 is 1.15 bits per heavy atom. The number of imidazole rings is 1. The predicted octanol–water partition coefficient (Wildman–Crippen LogP) is 4.79. The molecule has 9 nitrogen and oxygen atoms in total. The zero-order valence-electron chi connectivity index (χ0n) is 22.7. The van der Waals surface area contributed by atoms with Crippen LogP contribution in [0.1, 0.15) is 59.5 Å². The van der Waals surface area contributed by atoms with E-state index in [1.165, 1.54) is 18.3 Å². The number of nitriles is 1. The summed E-state index contributed by atoms with van der Waals surface area (Å²) in [6, 6.07) is 11.6. The van der Waals surface area contributed by atoms with Crippen molar-refractivity contribution in [1.29, 1.82) is 5.26 Å². The van der Waals surface area contributed by atoms with Crippen LogP contribution in [0.25, 0.3) is 11.0 Å². The molecule has 1 atom stereocenters. The van der Waals surface area contributed by atoms with Crippen molar-refractivity contribution in [2.45, 2.75) is 58.0 Å². The van der Waals surface area contributed by atoms with Gasteiger partial charge in [-0.05, 0) is 56.5 Å². The number of piperidine rings is 1. The number of likely N-dealkylation sites (tertiary alicyclic amines) is 1. The van der Waals surface area contributed by atoms with Gasteiger partial charge in [0.15, 0.2) is 5.78 Å². The number of ether oxygens (including phenoxy) is 2. The molecule has 2 fully saturated rings. The molecule has 41 heavy (non-hydrogen) atoms. The standard InChI is InChI=1S/C30H30F2N6O3/c1-19(39)21-4-5-27-28(13-21)37(15-24-8-11-40-24)29(34-27)17-36-9-6-23(7-10-36)38-16-26(32)30(35-38)41-18-22-3-2-20(14-33)12-25(22)31/h2-5,12-13,16,23-24H,6-11,15,17-18H2,1H3/t24-/m0/s1. The largest absolute Gasteiger partial charge is 0.470 e. The SMILES string of the molecule is CC(=O)c1ccc2nc(CN3CCC(n4cc(F)c(OCc5ccc(C#N)cc5F)n4)CC3)n(C[C@@H]3CCO3)c2c1. The Hall–Kier alpha value is -4.14. The van der Waals surface area contributed by atoms with E-state index in [1.807, 2.05) is 24.3 Å². The van der Waals surface area contributed by atoms with Crippen LogP contribution in [0.4, 0.5) is 8.78 Å². The van der Waals surface area contributed by atoms with Crippen LogP contribution in [0.2, 0.25) is 0 Å². The van der Waals surface area contributed by atoms with Gasteiger partial charge < -0.3 is 14.0 Å². The summed E-state index contributed by atoms with van der Waals surface area (Å²) in [5.41, 5.74) is 2.90. The highest BCUT2D eigenvalue weighted by Gasteiger charge is 2.27. The maximum atomic E-state index is 14.6. The lowest BCUT2D eigenvalue weighted by atomic mass is 10.1. The molecule has 0 unspecified atom stereocenters. The van der Waals surface area contributed by atoms with E-state index in [2.05, 4.69) is 14.6 Å². The summed E-state index contributed by atoms with van der Waals surface area (Å²) in [4.78, 5) is 19.2. The fourth-order valence-corrected chi connectivity index (χ4v) is 5.41. The van der Waals surface area contributed by atoms with Gasteiger partial charge in [0.1, 0.15) is 18.2 Å². The maximum absolute atomic E-state index is 14.6. The van der Waals surface area contributed by atoms with Gasteiger partial charge in [-0.3, -0.25) is 14.4 Å². The van der Waals surface area contributed by atoms with E-state index in [9.17, 15) is 13.6 Å². The second-order valence-electron chi connectivity index (χ2n) is 10.7.